The van der Waals surface area contributed by atoms with E-state index in [1.165, 1.54) is 42.6 Å². The molecule has 0 bridgehead atoms. The van der Waals surface area contributed by atoms with Crippen molar-refractivity contribution in [3.63, 3.8) is 0 Å². The number of aryl methyl sites for hydroxylation is 2. The molecule has 1 saturated carbocycles. The Hall–Kier alpha value is -0.830. The van der Waals surface area contributed by atoms with E-state index in [2.05, 4.69) is 24.3 Å². The summed E-state index contributed by atoms with van der Waals surface area (Å²) in [5.41, 5.74) is 3.84. The van der Waals surface area contributed by atoms with Crippen LogP contribution >= 0.6 is 0 Å². The fraction of sp³-hybridized carbons (Fsp3) is 0.750. The molecule has 0 atom stereocenters. The van der Waals surface area contributed by atoms with Gasteiger partial charge in [0.05, 0.1) is 5.69 Å². The van der Waals surface area contributed by atoms with E-state index in [1.54, 1.807) is 0 Å². The number of hydrogen-bond donors (Lipinski definition) is 1. The largest absolute Gasteiger partial charge is 0.310 e. The Morgan fingerprint density at radius 3 is 2.53 bits per heavy atom. The van der Waals surface area contributed by atoms with E-state index >= 15 is 0 Å². The van der Waals surface area contributed by atoms with Crippen LogP contribution in [0.5, 0.6) is 0 Å². The highest BCUT2D eigenvalue weighted by Gasteiger charge is 2.16. The van der Waals surface area contributed by atoms with Crippen molar-refractivity contribution < 1.29 is 0 Å². The van der Waals surface area contributed by atoms with E-state index in [0.29, 0.717) is 0 Å². The molecule has 1 aromatic heterocycles. The summed E-state index contributed by atoms with van der Waals surface area (Å²) in [6.07, 6.45) is 5.47. The molecule has 84 valence electrons. The van der Waals surface area contributed by atoms with E-state index < -0.39 is 0 Å². The van der Waals surface area contributed by atoms with Crippen molar-refractivity contribution in [1.29, 1.82) is 0 Å². The smallest absolute Gasteiger partial charge is 0.0641 e. The summed E-state index contributed by atoms with van der Waals surface area (Å²) in [4.78, 5) is 0. The molecule has 0 amide bonds. The lowest BCUT2D eigenvalue weighted by Crippen LogP contribution is -2.25. The molecule has 15 heavy (non-hydrogen) atoms. The molecule has 1 fully saturated rings. The second-order valence-corrected chi connectivity index (χ2v) is 4.64. The molecule has 3 nitrogen and oxygen atoms in total. The summed E-state index contributed by atoms with van der Waals surface area (Å²) in [5.74, 6) is 0. The van der Waals surface area contributed by atoms with Crippen LogP contribution in [0.3, 0.4) is 0 Å². The Morgan fingerprint density at radius 1 is 1.33 bits per heavy atom. The van der Waals surface area contributed by atoms with Gasteiger partial charge in [-0.3, -0.25) is 4.68 Å². The van der Waals surface area contributed by atoms with Gasteiger partial charge in [0, 0.05) is 30.9 Å². The summed E-state index contributed by atoms with van der Waals surface area (Å²) in [7, 11) is 2.02. The van der Waals surface area contributed by atoms with Gasteiger partial charge in [-0.15, -0.1) is 0 Å². The number of nitrogens with zero attached hydrogens (tertiary/aromatic N) is 2. The molecule has 2 rings (SSSR count). The van der Waals surface area contributed by atoms with Gasteiger partial charge in [0.2, 0.25) is 0 Å². The molecule has 1 aliphatic carbocycles. The highest BCUT2D eigenvalue weighted by atomic mass is 15.3. The van der Waals surface area contributed by atoms with Crippen molar-refractivity contribution in [3.8, 4) is 0 Å². The fourth-order valence-electron chi connectivity index (χ4n) is 2.45. The van der Waals surface area contributed by atoms with Crippen LogP contribution in [0.2, 0.25) is 0 Å². The van der Waals surface area contributed by atoms with Crippen LogP contribution in [-0.2, 0) is 13.6 Å². The quantitative estimate of drug-likeness (QED) is 0.822. The first kappa shape index (κ1) is 10.7. The summed E-state index contributed by atoms with van der Waals surface area (Å²) < 4.78 is 1.97. The maximum absolute atomic E-state index is 4.43. The zero-order valence-electron chi connectivity index (χ0n) is 10.0. The molecule has 1 aliphatic rings. The van der Waals surface area contributed by atoms with Crippen LogP contribution in [0.4, 0.5) is 0 Å². The van der Waals surface area contributed by atoms with E-state index in [1.807, 2.05) is 11.7 Å². The molecule has 0 aliphatic heterocycles. The van der Waals surface area contributed by atoms with Gasteiger partial charge in [-0.2, -0.15) is 5.10 Å². The molecule has 0 saturated heterocycles. The van der Waals surface area contributed by atoms with Crippen molar-refractivity contribution >= 4 is 0 Å². The maximum atomic E-state index is 4.43. The van der Waals surface area contributed by atoms with Gasteiger partial charge in [0.25, 0.3) is 0 Å². The average Bonchev–Trinajstić information content (AvgIpc) is 2.76. The molecule has 3 heteroatoms. The zero-order chi connectivity index (χ0) is 10.8. The second-order valence-electron chi connectivity index (χ2n) is 4.64. The first-order valence-corrected chi connectivity index (χ1v) is 5.91. The summed E-state index contributed by atoms with van der Waals surface area (Å²) in [6.45, 7) is 5.22. The molecule has 1 N–H and O–H groups in total. The van der Waals surface area contributed by atoms with Gasteiger partial charge in [-0.05, 0) is 26.7 Å². The normalized spacial score (nSPS) is 17.5. The Bertz CT molecular complexity index is 335. The Labute approximate surface area is 91.9 Å². The van der Waals surface area contributed by atoms with Gasteiger partial charge in [-0.25, -0.2) is 0 Å². The Kier molecular flexibility index (Phi) is 3.10. The van der Waals surface area contributed by atoms with E-state index in [9.17, 15) is 0 Å². The van der Waals surface area contributed by atoms with Crippen molar-refractivity contribution in [2.75, 3.05) is 0 Å². The third kappa shape index (κ3) is 2.23. The lowest BCUT2D eigenvalue weighted by molar-refractivity contribution is 0.522. The zero-order valence-corrected chi connectivity index (χ0v) is 10.0. The summed E-state index contributed by atoms with van der Waals surface area (Å²) in [6, 6.07) is 0.740. The van der Waals surface area contributed by atoms with Crippen LogP contribution in [0.15, 0.2) is 0 Å². The minimum atomic E-state index is 0.740. The maximum Gasteiger partial charge on any atom is 0.0641 e. The third-order valence-electron chi connectivity index (χ3n) is 3.58. The minimum Gasteiger partial charge on any atom is -0.310 e. The standard InChI is InChI=1S/C12H21N3/c1-9-12(10(2)15(3)14-9)8-13-11-6-4-5-7-11/h11,13H,4-8H2,1-3H3. The van der Waals surface area contributed by atoms with Gasteiger partial charge >= 0.3 is 0 Å². The van der Waals surface area contributed by atoms with Gasteiger partial charge in [-0.1, -0.05) is 12.8 Å². The van der Waals surface area contributed by atoms with Crippen LogP contribution in [0.25, 0.3) is 0 Å². The molecule has 1 heterocycles. The lowest BCUT2D eigenvalue weighted by atomic mass is 10.1. The van der Waals surface area contributed by atoms with Gasteiger partial charge in [0.1, 0.15) is 0 Å². The first-order valence-electron chi connectivity index (χ1n) is 5.91. The second kappa shape index (κ2) is 4.35. The topological polar surface area (TPSA) is 29.9 Å². The lowest BCUT2D eigenvalue weighted by Gasteiger charge is -2.11. The molecule has 0 unspecified atom stereocenters. The molecule has 0 aromatic carbocycles. The number of hydrogen-bond acceptors (Lipinski definition) is 2. The molecule has 0 radical (unpaired) electrons. The van der Waals surface area contributed by atoms with E-state index in [0.717, 1.165) is 12.6 Å². The van der Waals surface area contributed by atoms with Crippen LogP contribution in [-0.4, -0.2) is 15.8 Å². The minimum absolute atomic E-state index is 0.740. The average molecular weight is 207 g/mol. The SMILES string of the molecule is Cc1nn(C)c(C)c1CNC1CCCC1. The summed E-state index contributed by atoms with van der Waals surface area (Å²) in [5, 5.41) is 8.07. The van der Waals surface area contributed by atoms with E-state index in [4.69, 9.17) is 0 Å². The third-order valence-corrected chi connectivity index (χ3v) is 3.58. The number of rotatable bonds is 3. The molecular weight excluding hydrogens is 186 g/mol. The highest BCUT2D eigenvalue weighted by Crippen LogP contribution is 2.19. The van der Waals surface area contributed by atoms with Crippen LogP contribution in [0, 0.1) is 13.8 Å². The monoisotopic (exact) mass is 207 g/mol. The molecule has 1 aromatic rings. The number of aromatic nitrogens is 2. The molecular formula is C12H21N3. The van der Waals surface area contributed by atoms with Crippen molar-refractivity contribution in [2.24, 2.45) is 7.05 Å². The Balaban J connectivity index is 1.97. The van der Waals surface area contributed by atoms with Gasteiger partial charge < -0.3 is 5.32 Å². The summed E-state index contributed by atoms with van der Waals surface area (Å²) >= 11 is 0. The predicted octanol–water partition coefficient (Wildman–Crippen LogP) is 2.07. The van der Waals surface area contributed by atoms with E-state index in [-0.39, 0.29) is 0 Å². The van der Waals surface area contributed by atoms with Crippen molar-refractivity contribution in [1.82, 2.24) is 15.1 Å². The fourth-order valence-corrected chi connectivity index (χ4v) is 2.45. The van der Waals surface area contributed by atoms with Crippen molar-refractivity contribution in [3.05, 3.63) is 17.0 Å². The van der Waals surface area contributed by atoms with Gasteiger partial charge in [0.15, 0.2) is 0 Å². The number of nitrogens with one attached hydrogen (secondary N) is 1. The molecule has 0 spiro atoms. The van der Waals surface area contributed by atoms with Crippen molar-refractivity contribution in [2.45, 2.75) is 52.1 Å². The van der Waals surface area contributed by atoms with Crippen LogP contribution in [0.1, 0.15) is 42.6 Å². The van der Waals surface area contributed by atoms with Crippen LogP contribution < -0.4 is 5.32 Å². The first-order chi connectivity index (χ1) is 7.18. The predicted molar refractivity (Wildman–Crippen MR) is 61.8 cm³/mol. The Morgan fingerprint density at radius 2 is 2.00 bits per heavy atom. The highest BCUT2D eigenvalue weighted by molar-refractivity contribution is 5.24.